The first kappa shape index (κ1) is 15.7. The molecule has 0 unspecified atom stereocenters. The maximum absolute atomic E-state index is 5.35. The van der Waals surface area contributed by atoms with Crippen molar-refractivity contribution in [1.82, 2.24) is 4.90 Å². The van der Waals surface area contributed by atoms with Crippen LogP contribution in [0.2, 0.25) is 0 Å². The molecule has 0 N–H and O–H groups in total. The SMILES string of the molecule is CSOCCCC1CC2(CCN(CC(C)C)CC2)C1. The Kier molecular flexibility index (Phi) is 6.04. The molecular weight excluding hydrogens is 254 g/mol. The Hall–Kier alpha value is 0.270. The molecule has 0 radical (unpaired) electrons. The number of hydrogen-bond acceptors (Lipinski definition) is 3. The van der Waals surface area contributed by atoms with Crippen molar-refractivity contribution < 1.29 is 4.18 Å². The van der Waals surface area contributed by atoms with Crippen molar-refractivity contribution in [2.75, 3.05) is 32.5 Å². The molecule has 1 spiro atoms. The lowest BCUT2D eigenvalue weighted by Gasteiger charge is -2.52. The van der Waals surface area contributed by atoms with E-state index in [0.717, 1.165) is 23.9 Å². The van der Waals surface area contributed by atoms with Gasteiger partial charge in [-0.25, -0.2) is 0 Å². The van der Waals surface area contributed by atoms with Crippen LogP contribution < -0.4 is 0 Å². The number of nitrogens with zero attached hydrogens (tertiary/aromatic N) is 1. The van der Waals surface area contributed by atoms with Crippen LogP contribution in [0.25, 0.3) is 0 Å². The molecule has 1 heterocycles. The van der Waals surface area contributed by atoms with Crippen LogP contribution in [0.4, 0.5) is 0 Å². The third-order valence-electron chi connectivity index (χ3n) is 4.94. The highest BCUT2D eigenvalue weighted by Crippen LogP contribution is 2.53. The second kappa shape index (κ2) is 7.33. The molecule has 1 aliphatic carbocycles. The topological polar surface area (TPSA) is 12.5 Å². The number of rotatable bonds is 7. The Labute approximate surface area is 123 Å². The van der Waals surface area contributed by atoms with Crippen molar-refractivity contribution in [3.63, 3.8) is 0 Å². The van der Waals surface area contributed by atoms with Crippen molar-refractivity contribution in [1.29, 1.82) is 0 Å². The Bertz CT molecular complexity index is 253. The molecule has 2 aliphatic rings. The minimum atomic E-state index is 0.749. The highest BCUT2D eigenvalue weighted by atomic mass is 32.2. The molecule has 3 heteroatoms. The molecule has 0 atom stereocenters. The van der Waals surface area contributed by atoms with Gasteiger partial charge in [0.2, 0.25) is 0 Å². The Morgan fingerprint density at radius 3 is 2.53 bits per heavy atom. The van der Waals surface area contributed by atoms with Crippen LogP contribution in [0.3, 0.4) is 0 Å². The number of hydrogen-bond donors (Lipinski definition) is 0. The summed E-state index contributed by atoms with van der Waals surface area (Å²) in [6, 6.07) is 0. The van der Waals surface area contributed by atoms with Crippen LogP contribution in [-0.4, -0.2) is 37.4 Å². The van der Waals surface area contributed by atoms with Crippen LogP contribution in [0.1, 0.15) is 52.4 Å². The molecule has 1 saturated carbocycles. The summed E-state index contributed by atoms with van der Waals surface area (Å²) in [6.45, 7) is 9.60. The van der Waals surface area contributed by atoms with Gasteiger partial charge in [0.15, 0.2) is 0 Å². The van der Waals surface area contributed by atoms with Crippen LogP contribution in [0.5, 0.6) is 0 Å². The van der Waals surface area contributed by atoms with E-state index in [-0.39, 0.29) is 0 Å². The van der Waals surface area contributed by atoms with E-state index in [1.54, 1.807) is 0 Å². The van der Waals surface area contributed by atoms with E-state index in [4.69, 9.17) is 4.18 Å². The average molecular weight is 285 g/mol. The minimum Gasteiger partial charge on any atom is -0.316 e. The lowest BCUT2D eigenvalue weighted by Crippen LogP contribution is -2.47. The van der Waals surface area contributed by atoms with Crippen LogP contribution in [0.15, 0.2) is 0 Å². The van der Waals surface area contributed by atoms with E-state index in [0.29, 0.717) is 0 Å². The van der Waals surface area contributed by atoms with Gasteiger partial charge >= 0.3 is 0 Å². The third-order valence-corrected chi connectivity index (χ3v) is 5.34. The van der Waals surface area contributed by atoms with Crippen LogP contribution in [-0.2, 0) is 4.18 Å². The lowest BCUT2D eigenvalue weighted by molar-refractivity contribution is -0.0197. The summed E-state index contributed by atoms with van der Waals surface area (Å²) < 4.78 is 5.35. The largest absolute Gasteiger partial charge is 0.316 e. The molecule has 19 heavy (non-hydrogen) atoms. The molecule has 2 rings (SSSR count). The van der Waals surface area contributed by atoms with Gasteiger partial charge in [-0.05, 0) is 80.9 Å². The molecule has 0 aromatic heterocycles. The Balaban J connectivity index is 1.58. The summed E-state index contributed by atoms with van der Waals surface area (Å²) in [6.07, 6.45) is 10.6. The molecule has 0 bridgehead atoms. The molecule has 112 valence electrons. The summed E-state index contributed by atoms with van der Waals surface area (Å²) in [5.41, 5.74) is 0.749. The Morgan fingerprint density at radius 2 is 1.95 bits per heavy atom. The summed E-state index contributed by atoms with van der Waals surface area (Å²) in [5.74, 6) is 1.82. The van der Waals surface area contributed by atoms with Gasteiger partial charge in [0, 0.05) is 12.8 Å². The highest BCUT2D eigenvalue weighted by molar-refractivity contribution is 7.93. The normalized spacial score (nSPS) is 24.0. The summed E-state index contributed by atoms with van der Waals surface area (Å²) in [5, 5.41) is 0. The molecule has 0 aromatic rings. The fourth-order valence-corrected chi connectivity index (χ4v) is 4.30. The predicted octanol–water partition coefficient (Wildman–Crippen LogP) is 4.21. The van der Waals surface area contributed by atoms with Crippen molar-refractivity contribution >= 4 is 12.0 Å². The second-order valence-corrected chi connectivity index (χ2v) is 7.67. The molecule has 0 amide bonds. The van der Waals surface area contributed by atoms with Gasteiger partial charge < -0.3 is 9.08 Å². The zero-order chi connectivity index (χ0) is 13.7. The smallest absolute Gasteiger partial charge is 0.0613 e. The molecule has 2 nitrogen and oxygen atoms in total. The van der Waals surface area contributed by atoms with Gasteiger partial charge in [-0.3, -0.25) is 0 Å². The average Bonchev–Trinajstić information content (AvgIpc) is 2.34. The van der Waals surface area contributed by atoms with Crippen LogP contribution in [0, 0.1) is 17.3 Å². The maximum Gasteiger partial charge on any atom is 0.0613 e. The Morgan fingerprint density at radius 1 is 1.26 bits per heavy atom. The zero-order valence-electron chi connectivity index (χ0n) is 13.0. The van der Waals surface area contributed by atoms with Gasteiger partial charge in [-0.2, -0.15) is 0 Å². The molecule has 0 aromatic carbocycles. The van der Waals surface area contributed by atoms with Gasteiger partial charge in [-0.15, -0.1) is 0 Å². The first-order valence-corrected chi connectivity index (χ1v) is 9.16. The summed E-state index contributed by atoms with van der Waals surface area (Å²) >= 11 is 1.50. The number of piperidine rings is 1. The van der Waals surface area contributed by atoms with Crippen molar-refractivity contribution in [3.05, 3.63) is 0 Å². The van der Waals surface area contributed by atoms with Crippen molar-refractivity contribution in [2.24, 2.45) is 17.3 Å². The molecular formula is C16H31NOS. The van der Waals surface area contributed by atoms with E-state index < -0.39 is 0 Å². The van der Waals surface area contributed by atoms with Gasteiger partial charge in [0.1, 0.15) is 0 Å². The molecule has 1 saturated heterocycles. The highest BCUT2D eigenvalue weighted by Gasteiger charge is 2.44. The first-order valence-electron chi connectivity index (χ1n) is 8.01. The van der Waals surface area contributed by atoms with Crippen LogP contribution >= 0.6 is 12.0 Å². The van der Waals surface area contributed by atoms with E-state index in [2.05, 4.69) is 18.7 Å². The second-order valence-electron chi connectivity index (χ2n) is 7.10. The first-order chi connectivity index (χ1) is 9.13. The summed E-state index contributed by atoms with van der Waals surface area (Å²) in [4.78, 5) is 2.68. The summed E-state index contributed by atoms with van der Waals surface area (Å²) in [7, 11) is 0. The van der Waals surface area contributed by atoms with Crippen molar-refractivity contribution in [3.8, 4) is 0 Å². The van der Waals surface area contributed by atoms with E-state index in [9.17, 15) is 0 Å². The minimum absolute atomic E-state index is 0.749. The quantitative estimate of drug-likeness (QED) is 0.513. The molecule has 1 aliphatic heterocycles. The predicted molar refractivity (Wildman–Crippen MR) is 84.4 cm³/mol. The fraction of sp³-hybridized carbons (Fsp3) is 1.00. The third kappa shape index (κ3) is 4.64. The fourth-order valence-electron chi connectivity index (χ4n) is 4.02. The molecule has 2 fully saturated rings. The van der Waals surface area contributed by atoms with Gasteiger partial charge in [0.25, 0.3) is 0 Å². The van der Waals surface area contributed by atoms with E-state index in [1.807, 2.05) is 6.26 Å². The van der Waals surface area contributed by atoms with Gasteiger partial charge in [0.05, 0.1) is 6.61 Å². The number of likely N-dealkylation sites (tertiary alicyclic amines) is 1. The maximum atomic E-state index is 5.35. The zero-order valence-corrected chi connectivity index (χ0v) is 13.8. The van der Waals surface area contributed by atoms with Crippen molar-refractivity contribution in [2.45, 2.75) is 52.4 Å². The standard InChI is InChI=1S/C16H31NOS/c1-14(2)13-17-8-6-16(7-9-17)11-15(12-16)5-4-10-18-19-3/h14-15H,4-13H2,1-3H3. The van der Waals surface area contributed by atoms with E-state index in [1.165, 1.54) is 70.2 Å². The lowest BCUT2D eigenvalue weighted by atomic mass is 9.56. The van der Waals surface area contributed by atoms with E-state index >= 15 is 0 Å². The monoisotopic (exact) mass is 285 g/mol. The van der Waals surface area contributed by atoms with Gasteiger partial charge in [-0.1, -0.05) is 13.8 Å².